The summed E-state index contributed by atoms with van der Waals surface area (Å²) in [6.07, 6.45) is 0. The van der Waals surface area contributed by atoms with Crippen molar-refractivity contribution < 1.29 is 19.0 Å². The van der Waals surface area contributed by atoms with Gasteiger partial charge in [0.1, 0.15) is 0 Å². The molecule has 0 saturated heterocycles. The van der Waals surface area contributed by atoms with Gasteiger partial charge in [-0.1, -0.05) is 15.9 Å². The average molecular weight is 289 g/mol. The van der Waals surface area contributed by atoms with E-state index in [1.807, 2.05) is 0 Å². The SMILES string of the molecule is COc1cc(CBr)cc(OC)c1OC(C)=O. The van der Waals surface area contributed by atoms with Crippen molar-refractivity contribution >= 4 is 21.9 Å². The summed E-state index contributed by atoms with van der Waals surface area (Å²) in [5.41, 5.74) is 0.976. The summed E-state index contributed by atoms with van der Waals surface area (Å²) in [5.74, 6) is 0.846. The van der Waals surface area contributed by atoms with Gasteiger partial charge in [0.05, 0.1) is 14.2 Å². The quantitative estimate of drug-likeness (QED) is 0.485. The molecule has 16 heavy (non-hydrogen) atoms. The Morgan fingerprint density at radius 2 is 1.75 bits per heavy atom. The van der Waals surface area contributed by atoms with Crippen LogP contribution in [0.5, 0.6) is 17.2 Å². The van der Waals surface area contributed by atoms with Crippen molar-refractivity contribution in [2.45, 2.75) is 12.3 Å². The van der Waals surface area contributed by atoms with Crippen molar-refractivity contribution in [2.75, 3.05) is 14.2 Å². The van der Waals surface area contributed by atoms with E-state index in [9.17, 15) is 4.79 Å². The third kappa shape index (κ3) is 2.88. The highest BCUT2D eigenvalue weighted by Crippen LogP contribution is 2.39. The van der Waals surface area contributed by atoms with Crippen molar-refractivity contribution in [3.63, 3.8) is 0 Å². The van der Waals surface area contributed by atoms with Crippen LogP contribution < -0.4 is 14.2 Å². The maximum atomic E-state index is 11.0. The summed E-state index contributed by atoms with van der Waals surface area (Å²) in [7, 11) is 3.03. The summed E-state index contributed by atoms with van der Waals surface area (Å²) < 4.78 is 15.4. The zero-order valence-corrected chi connectivity index (χ0v) is 11.0. The number of carbonyl (C=O) groups is 1. The van der Waals surface area contributed by atoms with Gasteiger partial charge in [-0.05, 0) is 17.7 Å². The fourth-order valence-corrected chi connectivity index (χ4v) is 1.58. The topological polar surface area (TPSA) is 44.8 Å². The normalized spacial score (nSPS) is 9.75. The molecule has 0 heterocycles. The molecule has 5 heteroatoms. The summed E-state index contributed by atoms with van der Waals surface area (Å²) in [6.45, 7) is 1.33. The molecule has 0 aromatic heterocycles. The minimum Gasteiger partial charge on any atom is -0.493 e. The van der Waals surface area contributed by atoms with Crippen molar-refractivity contribution in [3.8, 4) is 17.2 Å². The fourth-order valence-electron chi connectivity index (χ4n) is 1.26. The molecule has 0 saturated carbocycles. The Kier molecular flexibility index (Phi) is 4.61. The second-order valence-electron chi connectivity index (χ2n) is 3.06. The van der Waals surface area contributed by atoms with E-state index in [2.05, 4.69) is 15.9 Å². The largest absolute Gasteiger partial charge is 0.493 e. The second kappa shape index (κ2) is 5.75. The van der Waals surface area contributed by atoms with Gasteiger partial charge < -0.3 is 14.2 Å². The van der Waals surface area contributed by atoms with Crippen LogP contribution in [-0.2, 0) is 10.1 Å². The Hall–Kier alpha value is -1.23. The molecular weight excluding hydrogens is 276 g/mol. The van der Waals surface area contributed by atoms with E-state index in [4.69, 9.17) is 14.2 Å². The van der Waals surface area contributed by atoms with E-state index in [0.717, 1.165) is 5.56 Å². The summed E-state index contributed by atoms with van der Waals surface area (Å²) in [6, 6.07) is 3.57. The molecule has 0 spiro atoms. The molecule has 0 unspecified atom stereocenters. The number of halogens is 1. The van der Waals surface area contributed by atoms with Crippen LogP contribution in [-0.4, -0.2) is 20.2 Å². The van der Waals surface area contributed by atoms with E-state index in [-0.39, 0.29) is 0 Å². The molecule has 0 radical (unpaired) electrons. The molecule has 88 valence electrons. The van der Waals surface area contributed by atoms with E-state index >= 15 is 0 Å². The molecule has 0 N–H and O–H groups in total. The molecule has 0 atom stereocenters. The second-order valence-corrected chi connectivity index (χ2v) is 3.62. The van der Waals surface area contributed by atoms with Crippen LogP contribution in [0.2, 0.25) is 0 Å². The average Bonchev–Trinajstić information content (AvgIpc) is 2.28. The number of esters is 1. The Morgan fingerprint density at radius 3 is 2.06 bits per heavy atom. The first-order valence-corrected chi connectivity index (χ1v) is 5.73. The third-order valence-corrected chi connectivity index (χ3v) is 2.57. The number of ether oxygens (including phenoxy) is 3. The van der Waals surface area contributed by atoms with Gasteiger partial charge in [0.25, 0.3) is 0 Å². The number of methoxy groups -OCH3 is 2. The van der Waals surface area contributed by atoms with Crippen LogP contribution >= 0.6 is 15.9 Å². The first-order chi connectivity index (χ1) is 7.62. The third-order valence-electron chi connectivity index (χ3n) is 1.92. The highest BCUT2D eigenvalue weighted by Gasteiger charge is 2.15. The maximum Gasteiger partial charge on any atom is 0.308 e. The molecular formula is C11H13BrO4. The lowest BCUT2D eigenvalue weighted by Gasteiger charge is -2.13. The smallest absolute Gasteiger partial charge is 0.308 e. The minimum absolute atomic E-state index is 0.308. The molecule has 1 rings (SSSR count). The number of hydrogen-bond acceptors (Lipinski definition) is 4. The lowest BCUT2D eigenvalue weighted by Crippen LogP contribution is -2.05. The first-order valence-electron chi connectivity index (χ1n) is 4.61. The zero-order valence-electron chi connectivity index (χ0n) is 9.37. The number of alkyl halides is 1. The Bertz CT molecular complexity index is 365. The van der Waals surface area contributed by atoms with Crippen molar-refractivity contribution in [1.82, 2.24) is 0 Å². The van der Waals surface area contributed by atoms with Gasteiger partial charge in [0.2, 0.25) is 5.75 Å². The van der Waals surface area contributed by atoms with Gasteiger partial charge in [0, 0.05) is 12.3 Å². The zero-order chi connectivity index (χ0) is 12.1. The fraction of sp³-hybridized carbons (Fsp3) is 0.364. The lowest BCUT2D eigenvalue weighted by molar-refractivity contribution is -0.132. The number of carbonyl (C=O) groups excluding carboxylic acids is 1. The van der Waals surface area contributed by atoms with E-state index in [0.29, 0.717) is 22.6 Å². The van der Waals surface area contributed by atoms with E-state index in [1.54, 1.807) is 12.1 Å². The number of benzene rings is 1. The molecule has 0 aliphatic rings. The van der Waals surface area contributed by atoms with Gasteiger partial charge in [0.15, 0.2) is 11.5 Å². The molecule has 1 aromatic carbocycles. The molecule has 4 nitrogen and oxygen atoms in total. The number of hydrogen-bond donors (Lipinski definition) is 0. The monoisotopic (exact) mass is 288 g/mol. The van der Waals surface area contributed by atoms with E-state index in [1.165, 1.54) is 21.1 Å². The molecule has 0 aliphatic heterocycles. The van der Waals surface area contributed by atoms with Crippen LogP contribution in [0, 0.1) is 0 Å². The summed E-state index contributed by atoms with van der Waals surface area (Å²) in [5, 5.41) is 0.667. The Morgan fingerprint density at radius 1 is 1.25 bits per heavy atom. The van der Waals surface area contributed by atoms with Crippen LogP contribution in [0.3, 0.4) is 0 Å². The molecule has 1 aromatic rings. The predicted molar refractivity (Wildman–Crippen MR) is 63.5 cm³/mol. The lowest BCUT2D eigenvalue weighted by atomic mass is 10.2. The van der Waals surface area contributed by atoms with Gasteiger partial charge in [-0.2, -0.15) is 0 Å². The van der Waals surface area contributed by atoms with Crippen LogP contribution in [0.15, 0.2) is 12.1 Å². The Labute approximate surface area is 103 Å². The molecule has 0 fully saturated rings. The standard InChI is InChI=1S/C11H13BrO4/c1-7(13)16-11-9(14-2)4-8(6-12)5-10(11)15-3/h4-5H,6H2,1-3H3. The maximum absolute atomic E-state index is 11.0. The van der Waals surface area contributed by atoms with Gasteiger partial charge in [-0.15, -0.1) is 0 Å². The van der Waals surface area contributed by atoms with Gasteiger partial charge >= 0.3 is 5.97 Å². The highest BCUT2D eigenvalue weighted by atomic mass is 79.9. The van der Waals surface area contributed by atoms with Gasteiger partial charge in [-0.3, -0.25) is 4.79 Å². The first kappa shape index (κ1) is 12.8. The summed E-state index contributed by atoms with van der Waals surface area (Å²) >= 11 is 3.34. The Balaban J connectivity index is 3.25. The van der Waals surface area contributed by atoms with Crippen LogP contribution in [0.25, 0.3) is 0 Å². The molecule has 0 aliphatic carbocycles. The molecule has 0 amide bonds. The minimum atomic E-state index is -0.414. The summed E-state index contributed by atoms with van der Waals surface area (Å²) in [4.78, 5) is 11.0. The van der Waals surface area contributed by atoms with Crippen molar-refractivity contribution in [2.24, 2.45) is 0 Å². The van der Waals surface area contributed by atoms with Crippen LogP contribution in [0.4, 0.5) is 0 Å². The van der Waals surface area contributed by atoms with Crippen molar-refractivity contribution in [1.29, 1.82) is 0 Å². The van der Waals surface area contributed by atoms with Crippen LogP contribution in [0.1, 0.15) is 12.5 Å². The van der Waals surface area contributed by atoms with Gasteiger partial charge in [-0.25, -0.2) is 0 Å². The predicted octanol–water partition coefficient (Wildman–Crippen LogP) is 2.52. The highest BCUT2D eigenvalue weighted by molar-refractivity contribution is 9.08. The number of rotatable bonds is 4. The van der Waals surface area contributed by atoms with E-state index < -0.39 is 5.97 Å². The van der Waals surface area contributed by atoms with Crippen molar-refractivity contribution in [3.05, 3.63) is 17.7 Å². The molecule has 0 bridgehead atoms.